The second-order valence-corrected chi connectivity index (χ2v) is 8.62. The molecule has 4 rings (SSSR count). The molecule has 2 atom stereocenters. The summed E-state index contributed by atoms with van der Waals surface area (Å²) in [6, 6.07) is 3.65. The third-order valence-corrected chi connectivity index (χ3v) is 6.31. The molecule has 1 N–H and O–H groups in total. The Morgan fingerprint density at radius 2 is 2.03 bits per heavy atom. The standard InChI is InChI=1S/C21H26N4O3S/c1-12-10-25(11-13(2)28-12)8-7-22-20(26)18-14(3)17-15(4)23-19(24-21(17)29-18)16-6-5-9-27-16/h5-6,9,12-13H,7-8,10-11H2,1-4H3,(H,22,26). The van der Waals surface area contributed by atoms with Gasteiger partial charge in [-0.1, -0.05) is 0 Å². The molecule has 1 aliphatic rings. The average molecular weight is 415 g/mol. The lowest BCUT2D eigenvalue weighted by Crippen LogP contribution is -2.47. The lowest BCUT2D eigenvalue weighted by Gasteiger charge is -2.35. The van der Waals surface area contributed by atoms with Crippen molar-refractivity contribution in [1.82, 2.24) is 20.2 Å². The number of ether oxygens (including phenoxy) is 1. The number of amides is 1. The minimum atomic E-state index is -0.0567. The quantitative estimate of drug-likeness (QED) is 0.689. The maximum Gasteiger partial charge on any atom is 0.261 e. The number of morpholine rings is 1. The van der Waals surface area contributed by atoms with Crippen molar-refractivity contribution in [2.75, 3.05) is 26.2 Å². The van der Waals surface area contributed by atoms with Gasteiger partial charge in [0.05, 0.1) is 29.0 Å². The molecule has 4 heterocycles. The van der Waals surface area contributed by atoms with Crippen LogP contribution >= 0.6 is 11.3 Å². The summed E-state index contributed by atoms with van der Waals surface area (Å²) in [5.41, 5.74) is 1.78. The van der Waals surface area contributed by atoms with Crippen LogP contribution in [0.15, 0.2) is 22.8 Å². The van der Waals surface area contributed by atoms with E-state index in [0.717, 1.165) is 41.1 Å². The summed E-state index contributed by atoms with van der Waals surface area (Å²) in [5.74, 6) is 1.11. The van der Waals surface area contributed by atoms with Crippen LogP contribution in [0.1, 0.15) is 34.8 Å². The zero-order valence-electron chi connectivity index (χ0n) is 17.2. The lowest BCUT2D eigenvalue weighted by molar-refractivity contribution is -0.0672. The van der Waals surface area contributed by atoms with Crippen molar-refractivity contribution < 1.29 is 13.9 Å². The van der Waals surface area contributed by atoms with Crippen LogP contribution in [-0.2, 0) is 4.74 Å². The van der Waals surface area contributed by atoms with Gasteiger partial charge >= 0.3 is 0 Å². The molecule has 1 aliphatic heterocycles. The van der Waals surface area contributed by atoms with Gasteiger partial charge in [-0.3, -0.25) is 9.69 Å². The Morgan fingerprint density at radius 1 is 1.28 bits per heavy atom. The second-order valence-electron chi connectivity index (χ2n) is 7.62. The Hall–Kier alpha value is -2.29. The minimum Gasteiger partial charge on any atom is -0.461 e. The van der Waals surface area contributed by atoms with Crippen molar-refractivity contribution >= 4 is 27.5 Å². The number of hydrogen-bond acceptors (Lipinski definition) is 7. The fraction of sp³-hybridized carbons (Fsp3) is 0.476. The largest absolute Gasteiger partial charge is 0.461 e. The van der Waals surface area contributed by atoms with Crippen molar-refractivity contribution in [1.29, 1.82) is 0 Å². The number of furan rings is 1. The van der Waals surface area contributed by atoms with E-state index in [1.54, 1.807) is 6.26 Å². The van der Waals surface area contributed by atoms with E-state index in [0.29, 0.717) is 23.0 Å². The molecule has 1 saturated heterocycles. The van der Waals surface area contributed by atoms with Crippen LogP contribution in [0.5, 0.6) is 0 Å². The maximum absolute atomic E-state index is 12.8. The van der Waals surface area contributed by atoms with Gasteiger partial charge in [0.15, 0.2) is 11.6 Å². The number of rotatable bonds is 5. The molecule has 0 bridgehead atoms. The molecule has 29 heavy (non-hydrogen) atoms. The molecule has 0 saturated carbocycles. The van der Waals surface area contributed by atoms with Crippen LogP contribution < -0.4 is 5.32 Å². The Morgan fingerprint density at radius 3 is 2.72 bits per heavy atom. The predicted octanol–water partition coefficient (Wildman–Crippen LogP) is 3.41. The average Bonchev–Trinajstić information content (AvgIpc) is 3.29. The van der Waals surface area contributed by atoms with Crippen LogP contribution in [0.4, 0.5) is 0 Å². The van der Waals surface area contributed by atoms with E-state index < -0.39 is 0 Å². The number of carbonyl (C=O) groups excluding carboxylic acids is 1. The smallest absolute Gasteiger partial charge is 0.261 e. The number of aromatic nitrogens is 2. The Balaban J connectivity index is 1.48. The summed E-state index contributed by atoms with van der Waals surface area (Å²) in [6.45, 7) is 11.3. The van der Waals surface area contributed by atoms with Crippen LogP contribution in [-0.4, -0.2) is 59.2 Å². The number of hydrogen-bond donors (Lipinski definition) is 1. The second kappa shape index (κ2) is 8.22. The number of fused-ring (bicyclic) bond motifs is 1. The molecule has 3 aromatic heterocycles. The first-order valence-electron chi connectivity index (χ1n) is 9.90. The first-order valence-corrected chi connectivity index (χ1v) is 10.7. The number of carbonyl (C=O) groups is 1. The number of thiophene rings is 1. The van der Waals surface area contributed by atoms with Crippen molar-refractivity contribution in [2.24, 2.45) is 0 Å². The van der Waals surface area contributed by atoms with Crippen molar-refractivity contribution in [3.8, 4) is 11.6 Å². The fourth-order valence-electron chi connectivity index (χ4n) is 3.95. The summed E-state index contributed by atoms with van der Waals surface area (Å²) >= 11 is 1.41. The van der Waals surface area contributed by atoms with Gasteiger partial charge in [0.2, 0.25) is 0 Å². The third-order valence-electron chi connectivity index (χ3n) is 5.13. The predicted molar refractivity (Wildman–Crippen MR) is 113 cm³/mol. The van der Waals surface area contributed by atoms with E-state index in [1.165, 1.54) is 11.3 Å². The van der Waals surface area contributed by atoms with E-state index in [-0.39, 0.29) is 18.1 Å². The van der Waals surface area contributed by atoms with E-state index in [9.17, 15) is 4.79 Å². The molecule has 1 fully saturated rings. The molecule has 0 aromatic carbocycles. The molecule has 2 unspecified atom stereocenters. The monoisotopic (exact) mass is 414 g/mol. The summed E-state index contributed by atoms with van der Waals surface area (Å²) in [6.07, 6.45) is 2.06. The molecule has 0 spiro atoms. The highest BCUT2D eigenvalue weighted by atomic mass is 32.1. The normalized spacial score (nSPS) is 20.3. The fourth-order valence-corrected chi connectivity index (χ4v) is 5.09. The van der Waals surface area contributed by atoms with Gasteiger partial charge in [-0.2, -0.15) is 0 Å². The highest BCUT2D eigenvalue weighted by molar-refractivity contribution is 7.20. The van der Waals surface area contributed by atoms with Crippen LogP contribution in [0.2, 0.25) is 0 Å². The molecular weight excluding hydrogens is 388 g/mol. The first kappa shape index (κ1) is 20.0. The zero-order valence-corrected chi connectivity index (χ0v) is 18.0. The first-order chi connectivity index (χ1) is 13.9. The number of aryl methyl sites for hydroxylation is 2. The Kier molecular flexibility index (Phi) is 5.67. The highest BCUT2D eigenvalue weighted by Crippen LogP contribution is 2.32. The van der Waals surface area contributed by atoms with E-state index >= 15 is 0 Å². The summed E-state index contributed by atoms with van der Waals surface area (Å²) in [7, 11) is 0. The maximum atomic E-state index is 12.8. The van der Waals surface area contributed by atoms with Gasteiger partial charge in [0.25, 0.3) is 5.91 Å². The van der Waals surface area contributed by atoms with Gasteiger partial charge < -0.3 is 14.5 Å². The van der Waals surface area contributed by atoms with Gasteiger partial charge in [-0.05, 0) is 45.4 Å². The molecule has 7 nitrogen and oxygen atoms in total. The SMILES string of the molecule is Cc1nc(-c2ccco2)nc2sc(C(=O)NCCN3CC(C)OC(C)C3)c(C)c12. The van der Waals surface area contributed by atoms with Crippen LogP contribution in [0, 0.1) is 13.8 Å². The van der Waals surface area contributed by atoms with Gasteiger partial charge in [-0.25, -0.2) is 9.97 Å². The minimum absolute atomic E-state index is 0.0567. The zero-order chi connectivity index (χ0) is 20.5. The topological polar surface area (TPSA) is 80.5 Å². The van der Waals surface area contributed by atoms with Crippen molar-refractivity contribution in [2.45, 2.75) is 39.9 Å². The molecular formula is C21H26N4O3S. The summed E-state index contributed by atoms with van der Waals surface area (Å²) in [4.78, 5) is 25.8. The summed E-state index contributed by atoms with van der Waals surface area (Å²) in [5, 5.41) is 4.01. The van der Waals surface area contributed by atoms with Crippen LogP contribution in [0.25, 0.3) is 21.8 Å². The molecule has 1 amide bonds. The Bertz CT molecular complexity index is 1000. The number of nitrogens with one attached hydrogen (secondary N) is 1. The van der Waals surface area contributed by atoms with Crippen molar-refractivity contribution in [3.63, 3.8) is 0 Å². The van der Waals surface area contributed by atoms with Gasteiger partial charge in [0.1, 0.15) is 4.83 Å². The Labute approximate surface area is 174 Å². The highest BCUT2D eigenvalue weighted by Gasteiger charge is 2.23. The van der Waals surface area contributed by atoms with E-state index in [2.05, 4.69) is 34.0 Å². The van der Waals surface area contributed by atoms with Gasteiger partial charge in [0, 0.05) is 31.6 Å². The van der Waals surface area contributed by atoms with Crippen LogP contribution in [0.3, 0.4) is 0 Å². The molecule has 8 heteroatoms. The molecule has 154 valence electrons. The number of nitrogens with zero attached hydrogens (tertiary/aromatic N) is 3. The van der Waals surface area contributed by atoms with E-state index in [1.807, 2.05) is 26.0 Å². The third kappa shape index (κ3) is 4.19. The summed E-state index contributed by atoms with van der Waals surface area (Å²) < 4.78 is 11.2. The lowest BCUT2D eigenvalue weighted by atomic mass is 10.1. The van der Waals surface area contributed by atoms with Crippen molar-refractivity contribution in [3.05, 3.63) is 34.5 Å². The molecule has 0 aliphatic carbocycles. The molecule has 0 radical (unpaired) electrons. The van der Waals surface area contributed by atoms with Gasteiger partial charge in [-0.15, -0.1) is 11.3 Å². The van der Waals surface area contributed by atoms with E-state index in [4.69, 9.17) is 9.15 Å². The molecule has 3 aromatic rings.